The van der Waals surface area contributed by atoms with E-state index in [1.807, 2.05) is 31.2 Å². The van der Waals surface area contributed by atoms with Crippen LogP contribution < -0.4 is 5.84 Å². The first-order valence-corrected chi connectivity index (χ1v) is 9.03. The normalized spacial score (nSPS) is 12.0. The molecule has 7 heteroatoms. The molecule has 0 amide bonds. The van der Waals surface area contributed by atoms with Crippen LogP contribution in [0, 0.1) is 6.92 Å². The van der Waals surface area contributed by atoms with E-state index in [4.69, 9.17) is 17.4 Å². The van der Waals surface area contributed by atoms with E-state index in [1.54, 1.807) is 4.68 Å². The third kappa shape index (κ3) is 3.08. The highest BCUT2D eigenvalue weighted by Crippen LogP contribution is 2.31. The van der Waals surface area contributed by atoms with E-state index in [0.29, 0.717) is 15.9 Å². The monoisotopic (exact) mass is 361 g/mol. The second-order valence-corrected chi connectivity index (χ2v) is 8.05. The minimum atomic E-state index is -0.157. The zero-order chi connectivity index (χ0) is 17.5. The van der Waals surface area contributed by atoms with Crippen LogP contribution >= 0.6 is 23.4 Å². The Hall–Kier alpha value is -1.79. The van der Waals surface area contributed by atoms with Gasteiger partial charge < -0.3 is 5.84 Å². The predicted molar refractivity (Wildman–Crippen MR) is 99.9 cm³/mol. The van der Waals surface area contributed by atoms with Crippen LogP contribution in [0.2, 0.25) is 5.02 Å². The van der Waals surface area contributed by atoms with Gasteiger partial charge >= 0.3 is 0 Å². The van der Waals surface area contributed by atoms with Crippen molar-refractivity contribution in [3.8, 4) is 0 Å². The van der Waals surface area contributed by atoms with Crippen molar-refractivity contribution in [1.29, 1.82) is 0 Å². The van der Waals surface area contributed by atoms with E-state index >= 15 is 0 Å². The van der Waals surface area contributed by atoms with Gasteiger partial charge in [-0.25, -0.2) is 4.68 Å². The van der Waals surface area contributed by atoms with Crippen LogP contribution in [0.1, 0.15) is 37.9 Å². The number of pyridine rings is 1. The summed E-state index contributed by atoms with van der Waals surface area (Å²) in [6, 6.07) is 8.00. The van der Waals surface area contributed by atoms with E-state index in [1.165, 1.54) is 11.8 Å². The molecule has 126 valence electrons. The van der Waals surface area contributed by atoms with Crippen LogP contribution in [0.3, 0.4) is 0 Å². The number of fused-ring (bicyclic) bond motifs is 1. The fourth-order valence-electron chi connectivity index (χ4n) is 2.53. The summed E-state index contributed by atoms with van der Waals surface area (Å²) in [6.07, 6.45) is 0. The summed E-state index contributed by atoms with van der Waals surface area (Å²) in [7, 11) is 0. The highest BCUT2D eigenvalue weighted by molar-refractivity contribution is 7.98. The van der Waals surface area contributed by atoms with Crippen LogP contribution in [0.5, 0.6) is 0 Å². The molecule has 1 aromatic carbocycles. The summed E-state index contributed by atoms with van der Waals surface area (Å²) in [6.45, 7) is 8.18. The number of rotatable bonds is 3. The molecule has 0 unspecified atom stereocenters. The van der Waals surface area contributed by atoms with Crippen LogP contribution in [0.4, 0.5) is 0 Å². The molecule has 0 radical (unpaired) electrons. The van der Waals surface area contributed by atoms with Gasteiger partial charge in [-0.1, -0.05) is 62.3 Å². The Balaban J connectivity index is 1.89. The number of hydrogen-bond donors (Lipinski definition) is 1. The Morgan fingerprint density at radius 1 is 1.21 bits per heavy atom. The van der Waals surface area contributed by atoms with Gasteiger partial charge in [-0.15, -0.1) is 10.2 Å². The Bertz CT molecular complexity index is 898. The summed E-state index contributed by atoms with van der Waals surface area (Å²) in [4.78, 5) is 4.68. The quantitative estimate of drug-likeness (QED) is 0.562. The molecule has 0 aliphatic carbocycles. The molecule has 0 spiro atoms. The lowest BCUT2D eigenvalue weighted by Gasteiger charge is -2.16. The Morgan fingerprint density at radius 3 is 2.58 bits per heavy atom. The lowest BCUT2D eigenvalue weighted by molar-refractivity contribution is 0.523. The highest BCUT2D eigenvalue weighted by Gasteiger charge is 2.23. The minimum Gasteiger partial charge on any atom is -0.336 e. The smallest absolute Gasteiger partial charge is 0.210 e. The molecule has 2 heterocycles. The van der Waals surface area contributed by atoms with Gasteiger partial charge in [0.05, 0.1) is 16.2 Å². The number of hydrogen-bond acceptors (Lipinski definition) is 5. The van der Waals surface area contributed by atoms with Crippen molar-refractivity contribution in [2.75, 3.05) is 5.84 Å². The van der Waals surface area contributed by atoms with Gasteiger partial charge in [-0.3, -0.25) is 4.98 Å². The van der Waals surface area contributed by atoms with Crippen molar-refractivity contribution in [3.05, 3.63) is 46.4 Å². The number of para-hydroxylation sites is 1. The number of nitrogens with zero attached hydrogens (tertiary/aromatic N) is 4. The van der Waals surface area contributed by atoms with E-state index < -0.39 is 0 Å². The summed E-state index contributed by atoms with van der Waals surface area (Å²) < 4.78 is 1.55. The average Bonchev–Trinajstić information content (AvgIpc) is 2.90. The predicted octanol–water partition coefficient (Wildman–Crippen LogP) is 4.09. The number of aromatic nitrogens is 4. The second kappa shape index (κ2) is 6.26. The molecule has 5 nitrogen and oxygen atoms in total. The van der Waals surface area contributed by atoms with Gasteiger partial charge in [0.2, 0.25) is 5.16 Å². The molecule has 0 saturated heterocycles. The summed E-state index contributed by atoms with van der Waals surface area (Å²) in [5.74, 6) is 7.47. The zero-order valence-electron chi connectivity index (χ0n) is 14.2. The number of thioether (sulfide) groups is 1. The molecular weight excluding hydrogens is 342 g/mol. The number of benzene rings is 1. The van der Waals surface area contributed by atoms with Gasteiger partial charge in [0, 0.05) is 16.6 Å². The number of nitrogen functional groups attached to an aromatic ring is 1. The summed E-state index contributed by atoms with van der Waals surface area (Å²) in [5, 5.41) is 10.8. The van der Waals surface area contributed by atoms with Crippen molar-refractivity contribution in [2.24, 2.45) is 0 Å². The van der Waals surface area contributed by atoms with E-state index in [0.717, 1.165) is 28.0 Å². The topological polar surface area (TPSA) is 69.6 Å². The Kier molecular flexibility index (Phi) is 4.44. The second-order valence-electron chi connectivity index (χ2n) is 6.73. The molecule has 3 rings (SSSR count). The molecule has 24 heavy (non-hydrogen) atoms. The molecule has 0 atom stereocenters. The van der Waals surface area contributed by atoms with E-state index in [2.05, 4.69) is 36.0 Å². The fourth-order valence-corrected chi connectivity index (χ4v) is 3.62. The van der Waals surface area contributed by atoms with Gasteiger partial charge in [-0.2, -0.15) is 0 Å². The molecule has 0 aliphatic heterocycles. The number of halogens is 1. The maximum Gasteiger partial charge on any atom is 0.210 e. The Labute approximate surface area is 150 Å². The van der Waals surface area contributed by atoms with Crippen molar-refractivity contribution >= 4 is 34.3 Å². The van der Waals surface area contributed by atoms with Crippen LogP contribution in [0.25, 0.3) is 10.9 Å². The van der Waals surface area contributed by atoms with Gasteiger partial charge in [0.1, 0.15) is 0 Å². The fraction of sp³-hybridized carbons (Fsp3) is 0.353. The zero-order valence-corrected chi connectivity index (χ0v) is 15.7. The molecule has 0 bridgehead atoms. The maximum atomic E-state index is 6.51. The molecule has 0 saturated carbocycles. The van der Waals surface area contributed by atoms with E-state index in [9.17, 15) is 0 Å². The van der Waals surface area contributed by atoms with Crippen LogP contribution in [0.15, 0.2) is 29.4 Å². The van der Waals surface area contributed by atoms with E-state index in [-0.39, 0.29) is 5.41 Å². The van der Waals surface area contributed by atoms with Crippen molar-refractivity contribution in [2.45, 2.75) is 44.0 Å². The SMILES string of the molecule is Cc1c(Cl)c(CSc2nnc(C(C)(C)C)n2N)nc2ccccc12. The molecular formula is C17H20ClN5S. The number of aryl methyl sites for hydroxylation is 1. The van der Waals surface area contributed by atoms with Crippen molar-refractivity contribution in [3.63, 3.8) is 0 Å². The maximum absolute atomic E-state index is 6.51. The van der Waals surface area contributed by atoms with Crippen LogP contribution in [-0.4, -0.2) is 19.9 Å². The van der Waals surface area contributed by atoms with Crippen molar-refractivity contribution < 1.29 is 0 Å². The molecule has 0 fully saturated rings. The third-order valence-corrected chi connectivity index (χ3v) is 5.28. The molecule has 2 N–H and O–H groups in total. The molecule has 3 aromatic rings. The van der Waals surface area contributed by atoms with Gasteiger partial charge in [-0.05, 0) is 18.6 Å². The first-order valence-electron chi connectivity index (χ1n) is 7.66. The summed E-state index contributed by atoms with van der Waals surface area (Å²) in [5.41, 5.74) is 2.66. The lowest BCUT2D eigenvalue weighted by Crippen LogP contribution is -2.24. The first kappa shape index (κ1) is 17.0. The standard InChI is InChI=1S/C17H20ClN5S/c1-10-11-7-5-6-8-12(11)20-13(14(10)18)9-24-16-22-21-15(23(16)19)17(2,3)4/h5-8H,9,19H2,1-4H3. The van der Waals surface area contributed by atoms with Crippen molar-refractivity contribution in [1.82, 2.24) is 19.9 Å². The lowest BCUT2D eigenvalue weighted by atomic mass is 9.96. The average molecular weight is 362 g/mol. The third-order valence-electron chi connectivity index (χ3n) is 3.82. The highest BCUT2D eigenvalue weighted by atomic mass is 35.5. The first-order chi connectivity index (χ1) is 11.3. The molecule has 2 aromatic heterocycles. The summed E-state index contributed by atoms with van der Waals surface area (Å²) >= 11 is 7.99. The molecule has 0 aliphatic rings. The number of nitrogens with two attached hydrogens (primary N) is 1. The van der Waals surface area contributed by atoms with Gasteiger partial charge in [0.15, 0.2) is 5.82 Å². The minimum absolute atomic E-state index is 0.157. The largest absolute Gasteiger partial charge is 0.336 e. The van der Waals surface area contributed by atoms with Gasteiger partial charge in [0.25, 0.3) is 0 Å². The Morgan fingerprint density at radius 2 is 1.92 bits per heavy atom. The van der Waals surface area contributed by atoms with Crippen LogP contribution in [-0.2, 0) is 11.2 Å².